The van der Waals surface area contributed by atoms with Gasteiger partial charge in [0.25, 0.3) is 0 Å². The third kappa shape index (κ3) is 3.12. The largest absolute Gasteiger partial charge is 0.481 e. The molecule has 0 spiro atoms. The lowest BCUT2D eigenvalue weighted by Crippen LogP contribution is -2.53. The first-order valence-corrected chi connectivity index (χ1v) is 10.7. The summed E-state index contributed by atoms with van der Waals surface area (Å²) in [5.41, 5.74) is 0. The topological polar surface area (TPSA) is 95.0 Å². The number of nitrogens with zero attached hydrogens (tertiary/aromatic N) is 2. The molecular weight excluding hydrogens is 387 g/mol. The average molecular weight is 408 g/mol. The molecule has 1 saturated carbocycles. The van der Waals surface area contributed by atoms with Crippen LogP contribution in [0.1, 0.15) is 6.42 Å². The first-order chi connectivity index (χ1) is 13.3. The predicted molar refractivity (Wildman–Crippen MR) is 97.1 cm³/mol. The van der Waals surface area contributed by atoms with Gasteiger partial charge in [0.15, 0.2) is 0 Å². The number of amides is 1. The van der Waals surface area contributed by atoms with E-state index in [1.165, 1.54) is 16.4 Å². The number of rotatable bonds is 4. The minimum Gasteiger partial charge on any atom is -0.481 e. The normalized spacial score (nSPS) is 30.0. The van der Waals surface area contributed by atoms with Gasteiger partial charge in [-0.05, 0) is 42.5 Å². The van der Waals surface area contributed by atoms with Crippen molar-refractivity contribution < 1.29 is 27.5 Å². The molecule has 1 aliphatic heterocycles. The fraction of sp³-hybridized carbons (Fsp3) is 0.474. The lowest BCUT2D eigenvalue weighted by molar-refractivity contribution is -0.151. The number of benzene rings is 1. The third-order valence-electron chi connectivity index (χ3n) is 6.03. The highest BCUT2D eigenvalue weighted by Gasteiger charge is 2.52. The Hall–Kier alpha value is -2.26. The van der Waals surface area contributed by atoms with Crippen LogP contribution in [-0.2, 0) is 19.6 Å². The van der Waals surface area contributed by atoms with Crippen molar-refractivity contribution in [2.75, 3.05) is 26.2 Å². The van der Waals surface area contributed by atoms with Crippen molar-refractivity contribution in [1.29, 1.82) is 0 Å². The summed E-state index contributed by atoms with van der Waals surface area (Å²) in [6.45, 7) is 0.673. The van der Waals surface area contributed by atoms with E-state index in [0.717, 1.165) is 12.1 Å². The van der Waals surface area contributed by atoms with Crippen LogP contribution in [0.5, 0.6) is 0 Å². The monoisotopic (exact) mass is 408 g/mol. The van der Waals surface area contributed by atoms with Gasteiger partial charge in [-0.2, -0.15) is 4.31 Å². The third-order valence-corrected chi connectivity index (χ3v) is 7.94. The molecule has 9 heteroatoms. The number of allylic oxidation sites excluding steroid dienone is 2. The minimum absolute atomic E-state index is 0.0119. The maximum Gasteiger partial charge on any atom is 0.307 e. The van der Waals surface area contributed by atoms with Gasteiger partial charge in [-0.25, -0.2) is 12.8 Å². The van der Waals surface area contributed by atoms with Gasteiger partial charge >= 0.3 is 5.97 Å². The zero-order valence-electron chi connectivity index (χ0n) is 15.1. The lowest BCUT2D eigenvalue weighted by Gasteiger charge is -2.37. The standard InChI is InChI=1S/C19H21FN2O5S/c20-14-3-5-15(6-4-14)28(26,27)22-9-7-21(8-10-22)18(23)16-12-1-2-13(11-12)17(16)19(24)25/h1-6,12-13,16-17H,7-11H2,(H,24,25)/t12-,13+,16+,17+/m0/s1. The molecule has 2 aliphatic carbocycles. The smallest absolute Gasteiger partial charge is 0.307 e. The second-order valence-corrected chi connectivity index (χ2v) is 9.46. The van der Waals surface area contributed by atoms with Crippen LogP contribution in [0.25, 0.3) is 0 Å². The van der Waals surface area contributed by atoms with Gasteiger partial charge in [0.2, 0.25) is 15.9 Å². The van der Waals surface area contributed by atoms with Crippen LogP contribution in [-0.4, -0.2) is 60.8 Å². The Morgan fingerprint density at radius 2 is 1.54 bits per heavy atom. The fourth-order valence-corrected chi connectivity index (χ4v) is 6.03. The Labute approximate surface area is 162 Å². The van der Waals surface area contributed by atoms with Crippen molar-refractivity contribution in [1.82, 2.24) is 9.21 Å². The van der Waals surface area contributed by atoms with Gasteiger partial charge in [0.1, 0.15) is 5.82 Å². The number of aliphatic carboxylic acids is 1. The number of hydrogen-bond acceptors (Lipinski definition) is 4. The van der Waals surface area contributed by atoms with Crippen molar-refractivity contribution >= 4 is 21.9 Å². The fourth-order valence-electron chi connectivity index (χ4n) is 4.61. The number of hydrogen-bond donors (Lipinski definition) is 1. The van der Waals surface area contributed by atoms with E-state index in [1.807, 2.05) is 12.2 Å². The molecule has 0 radical (unpaired) electrons. The van der Waals surface area contributed by atoms with E-state index < -0.39 is 33.6 Å². The first kappa shape index (κ1) is 19.1. The molecule has 2 fully saturated rings. The molecule has 7 nitrogen and oxygen atoms in total. The average Bonchev–Trinajstić information content (AvgIpc) is 3.29. The lowest BCUT2D eigenvalue weighted by atomic mass is 9.82. The van der Waals surface area contributed by atoms with Crippen molar-refractivity contribution in [2.45, 2.75) is 11.3 Å². The summed E-state index contributed by atoms with van der Waals surface area (Å²) in [6.07, 6.45) is 4.51. The summed E-state index contributed by atoms with van der Waals surface area (Å²) in [7, 11) is -3.76. The number of piperazine rings is 1. The number of halogens is 1. The maximum absolute atomic E-state index is 13.1. The van der Waals surface area contributed by atoms with Crippen LogP contribution in [0.4, 0.5) is 4.39 Å². The Balaban J connectivity index is 1.44. The predicted octanol–water partition coefficient (Wildman–Crippen LogP) is 1.18. The molecule has 1 aromatic rings. The Bertz CT molecular complexity index is 922. The van der Waals surface area contributed by atoms with Crippen molar-refractivity contribution in [3.8, 4) is 0 Å². The quantitative estimate of drug-likeness (QED) is 0.755. The summed E-state index contributed by atoms with van der Waals surface area (Å²) in [5, 5.41) is 9.53. The Kier molecular flexibility index (Phi) is 4.75. The van der Waals surface area contributed by atoms with Crippen LogP contribution in [0.3, 0.4) is 0 Å². The number of carbonyl (C=O) groups is 2. The Morgan fingerprint density at radius 3 is 2.11 bits per heavy atom. The minimum atomic E-state index is -3.76. The molecule has 28 heavy (non-hydrogen) atoms. The summed E-state index contributed by atoms with van der Waals surface area (Å²) in [6, 6.07) is 4.64. The van der Waals surface area contributed by atoms with Gasteiger partial charge in [-0.15, -0.1) is 0 Å². The van der Waals surface area contributed by atoms with Crippen molar-refractivity contribution in [2.24, 2.45) is 23.7 Å². The molecule has 0 unspecified atom stereocenters. The molecule has 4 atom stereocenters. The molecule has 0 aromatic heterocycles. The van der Waals surface area contributed by atoms with Gasteiger partial charge in [0, 0.05) is 26.2 Å². The molecule has 150 valence electrons. The van der Waals surface area contributed by atoms with Gasteiger partial charge < -0.3 is 10.0 Å². The second kappa shape index (κ2) is 6.97. The zero-order chi connectivity index (χ0) is 20.1. The molecule has 1 heterocycles. The Morgan fingerprint density at radius 1 is 0.964 bits per heavy atom. The van der Waals surface area contributed by atoms with E-state index in [2.05, 4.69) is 0 Å². The summed E-state index contributed by atoms with van der Waals surface area (Å²) in [4.78, 5) is 26.2. The van der Waals surface area contributed by atoms with Gasteiger partial charge in [-0.3, -0.25) is 9.59 Å². The van der Waals surface area contributed by atoms with Gasteiger partial charge in [-0.1, -0.05) is 12.2 Å². The molecule has 4 rings (SSSR count). The highest BCUT2D eigenvalue weighted by atomic mass is 32.2. The van der Waals surface area contributed by atoms with E-state index in [0.29, 0.717) is 6.42 Å². The molecular formula is C19H21FN2O5S. The number of carboxylic acid groups (broad SMARTS) is 1. The molecule has 3 aliphatic rings. The van der Waals surface area contributed by atoms with Crippen LogP contribution < -0.4 is 0 Å². The highest BCUT2D eigenvalue weighted by molar-refractivity contribution is 7.89. The summed E-state index contributed by atoms with van der Waals surface area (Å²) >= 11 is 0. The second-order valence-electron chi connectivity index (χ2n) is 7.52. The van der Waals surface area contributed by atoms with Crippen molar-refractivity contribution in [3.63, 3.8) is 0 Å². The van der Waals surface area contributed by atoms with Crippen LogP contribution in [0.15, 0.2) is 41.3 Å². The zero-order valence-corrected chi connectivity index (χ0v) is 15.9. The first-order valence-electron chi connectivity index (χ1n) is 9.24. The van der Waals surface area contributed by atoms with E-state index in [-0.39, 0.29) is 48.8 Å². The number of carbonyl (C=O) groups excluding carboxylic acids is 1. The van der Waals surface area contributed by atoms with E-state index in [1.54, 1.807) is 4.90 Å². The van der Waals surface area contributed by atoms with E-state index >= 15 is 0 Å². The highest BCUT2D eigenvalue weighted by Crippen LogP contribution is 2.48. The van der Waals surface area contributed by atoms with E-state index in [9.17, 15) is 27.5 Å². The molecule has 1 amide bonds. The van der Waals surface area contributed by atoms with Crippen LogP contribution in [0.2, 0.25) is 0 Å². The van der Waals surface area contributed by atoms with Crippen LogP contribution in [0, 0.1) is 29.5 Å². The van der Waals surface area contributed by atoms with E-state index in [4.69, 9.17) is 0 Å². The summed E-state index contributed by atoms with van der Waals surface area (Å²) in [5.74, 6) is -3.11. The van der Waals surface area contributed by atoms with Gasteiger partial charge in [0.05, 0.1) is 16.7 Å². The maximum atomic E-state index is 13.1. The van der Waals surface area contributed by atoms with Crippen molar-refractivity contribution in [3.05, 3.63) is 42.2 Å². The SMILES string of the molecule is O=C(O)[C@H]1[C@H](C(=O)N2CCN(S(=O)(=O)c3ccc(F)cc3)CC2)[C@H]2C=C[C@@H]1C2. The number of sulfonamides is 1. The molecule has 1 saturated heterocycles. The number of fused-ring (bicyclic) bond motifs is 2. The molecule has 1 aromatic carbocycles. The van der Waals surface area contributed by atoms with Crippen LogP contribution >= 0.6 is 0 Å². The molecule has 2 bridgehead atoms. The number of carboxylic acids is 1. The molecule has 1 N–H and O–H groups in total. The summed E-state index contributed by atoms with van der Waals surface area (Å²) < 4.78 is 39.7.